The highest BCUT2D eigenvalue weighted by Crippen LogP contribution is 2.20. The largest absolute Gasteiger partial charge is 0.508 e. The maximum atomic E-state index is 9.69. The second-order valence-corrected chi connectivity index (χ2v) is 3.38. The fourth-order valence-electron chi connectivity index (χ4n) is 1.28. The third kappa shape index (κ3) is 3.47. The van der Waals surface area contributed by atoms with E-state index in [4.69, 9.17) is 11.5 Å². The molecular weight excluding hydrogens is 194 g/mol. The van der Waals surface area contributed by atoms with Crippen molar-refractivity contribution < 1.29 is 10.2 Å². The minimum atomic E-state index is -0.807. The number of nitrogens with two attached hydrogens (primary N) is 2. The van der Waals surface area contributed by atoms with E-state index in [-0.39, 0.29) is 18.3 Å². The van der Waals surface area contributed by atoms with Crippen molar-refractivity contribution >= 4 is 5.96 Å². The van der Waals surface area contributed by atoms with Gasteiger partial charge in [0.2, 0.25) is 0 Å². The van der Waals surface area contributed by atoms with E-state index >= 15 is 0 Å². The Hall–Kier alpha value is -1.75. The van der Waals surface area contributed by atoms with Crippen molar-refractivity contribution in [3.05, 3.63) is 29.3 Å². The maximum absolute atomic E-state index is 9.69. The number of phenolic OH excluding ortho intramolecular Hbond substituents is 1. The zero-order valence-electron chi connectivity index (χ0n) is 8.51. The second-order valence-electron chi connectivity index (χ2n) is 3.38. The van der Waals surface area contributed by atoms with Gasteiger partial charge in [0.1, 0.15) is 5.75 Å². The van der Waals surface area contributed by atoms with Gasteiger partial charge >= 0.3 is 0 Å². The van der Waals surface area contributed by atoms with Gasteiger partial charge in [-0.3, -0.25) is 4.99 Å². The van der Waals surface area contributed by atoms with Crippen LogP contribution in [0.15, 0.2) is 23.2 Å². The summed E-state index contributed by atoms with van der Waals surface area (Å²) < 4.78 is 0. The van der Waals surface area contributed by atoms with Gasteiger partial charge in [-0.05, 0) is 30.2 Å². The summed E-state index contributed by atoms with van der Waals surface area (Å²) in [6.45, 7) is 1.92. The van der Waals surface area contributed by atoms with Crippen molar-refractivity contribution in [2.24, 2.45) is 16.5 Å². The molecule has 6 N–H and O–H groups in total. The zero-order chi connectivity index (χ0) is 11.4. The highest BCUT2D eigenvalue weighted by molar-refractivity contribution is 5.75. The summed E-state index contributed by atoms with van der Waals surface area (Å²) in [7, 11) is 0. The smallest absolute Gasteiger partial charge is 0.186 e. The molecular formula is C10H15N3O2. The topological polar surface area (TPSA) is 105 Å². The molecule has 0 aliphatic heterocycles. The lowest BCUT2D eigenvalue weighted by molar-refractivity contribution is 0.187. The van der Waals surface area contributed by atoms with E-state index in [1.54, 1.807) is 12.1 Å². The van der Waals surface area contributed by atoms with Crippen molar-refractivity contribution in [1.82, 2.24) is 0 Å². The van der Waals surface area contributed by atoms with Crippen LogP contribution < -0.4 is 11.5 Å². The number of guanidine groups is 1. The molecule has 0 saturated heterocycles. The summed E-state index contributed by atoms with van der Waals surface area (Å²) in [6.07, 6.45) is -0.807. The Kier molecular flexibility index (Phi) is 3.51. The van der Waals surface area contributed by atoms with Gasteiger partial charge in [0.25, 0.3) is 0 Å². The number of aromatic hydroxyl groups is 1. The average Bonchev–Trinajstić information content (AvgIpc) is 2.12. The molecule has 0 heterocycles. The number of aliphatic hydroxyl groups excluding tert-OH is 1. The fourth-order valence-corrected chi connectivity index (χ4v) is 1.28. The third-order valence-corrected chi connectivity index (χ3v) is 1.92. The molecule has 0 aliphatic carbocycles. The minimum absolute atomic E-state index is 0.0640. The predicted octanol–water partition coefficient (Wildman–Crippen LogP) is 0.00742. The molecule has 1 unspecified atom stereocenters. The molecule has 0 saturated carbocycles. The third-order valence-electron chi connectivity index (χ3n) is 1.92. The second kappa shape index (κ2) is 4.65. The summed E-state index contributed by atoms with van der Waals surface area (Å²) in [6, 6.07) is 4.86. The van der Waals surface area contributed by atoms with Crippen molar-refractivity contribution in [2.75, 3.05) is 6.54 Å². The van der Waals surface area contributed by atoms with Crippen LogP contribution in [-0.4, -0.2) is 22.7 Å². The Morgan fingerprint density at radius 1 is 1.40 bits per heavy atom. The number of aryl methyl sites for hydroxylation is 1. The van der Waals surface area contributed by atoms with Crippen LogP contribution in [0.2, 0.25) is 0 Å². The van der Waals surface area contributed by atoms with Crippen LogP contribution in [0.1, 0.15) is 17.2 Å². The van der Waals surface area contributed by atoms with E-state index in [9.17, 15) is 10.2 Å². The lowest BCUT2D eigenvalue weighted by Gasteiger charge is -2.09. The normalized spacial score (nSPS) is 12.1. The summed E-state index contributed by atoms with van der Waals surface area (Å²) in [5.74, 6) is 0.0553. The molecule has 5 nitrogen and oxygen atoms in total. The number of rotatable bonds is 3. The van der Waals surface area contributed by atoms with Crippen LogP contribution in [0.4, 0.5) is 0 Å². The molecule has 0 amide bonds. The number of benzene rings is 1. The number of hydrogen-bond acceptors (Lipinski definition) is 3. The molecule has 82 valence electrons. The van der Waals surface area contributed by atoms with E-state index in [1.165, 1.54) is 6.07 Å². The first kappa shape index (κ1) is 11.3. The number of nitrogens with zero attached hydrogens (tertiary/aromatic N) is 1. The van der Waals surface area contributed by atoms with E-state index in [0.29, 0.717) is 5.56 Å². The molecule has 1 aromatic carbocycles. The zero-order valence-corrected chi connectivity index (χ0v) is 8.51. The molecule has 1 atom stereocenters. The van der Waals surface area contributed by atoms with Crippen LogP contribution in [0.25, 0.3) is 0 Å². The van der Waals surface area contributed by atoms with Crippen LogP contribution in [0.3, 0.4) is 0 Å². The van der Waals surface area contributed by atoms with Crippen LogP contribution in [0.5, 0.6) is 5.75 Å². The highest BCUT2D eigenvalue weighted by Gasteiger charge is 2.08. The molecule has 0 bridgehead atoms. The van der Waals surface area contributed by atoms with Gasteiger partial charge < -0.3 is 21.7 Å². The Morgan fingerprint density at radius 3 is 2.60 bits per heavy atom. The first-order valence-electron chi connectivity index (χ1n) is 4.53. The number of aliphatic hydroxyl groups is 1. The lowest BCUT2D eigenvalue weighted by atomic mass is 10.1. The predicted molar refractivity (Wildman–Crippen MR) is 58.5 cm³/mol. The quantitative estimate of drug-likeness (QED) is 0.415. The number of phenols is 1. The summed E-state index contributed by atoms with van der Waals surface area (Å²) in [4.78, 5) is 3.70. The Bertz CT molecular complexity index is 353. The van der Waals surface area contributed by atoms with Gasteiger partial charge in [0.05, 0.1) is 12.6 Å². The molecule has 1 rings (SSSR count). The Morgan fingerprint density at radius 2 is 2.07 bits per heavy atom. The monoisotopic (exact) mass is 209 g/mol. The van der Waals surface area contributed by atoms with Gasteiger partial charge in [0, 0.05) is 0 Å². The minimum Gasteiger partial charge on any atom is -0.508 e. The van der Waals surface area contributed by atoms with Crippen molar-refractivity contribution in [2.45, 2.75) is 13.0 Å². The first-order valence-corrected chi connectivity index (χ1v) is 4.53. The van der Waals surface area contributed by atoms with Gasteiger partial charge in [-0.2, -0.15) is 0 Å². The van der Waals surface area contributed by atoms with Gasteiger partial charge in [-0.25, -0.2) is 0 Å². The summed E-state index contributed by atoms with van der Waals surface area (Å²) >= 11 is 0. The van der Waals surface area contributed by atoms with Crippen LogP contribution >= 0.6 is 0 Å². The van der Waals surface area contributed by atoms with Gasteiger partial charge in [-0.1, -0.05) is 6.07 Å². The van der Waals surface area contributed by atoms with E-state index in [0.717, 1.165) is 5.56 Å². The lowest BCUT2D eigenvalue weighted by Crippen LogP contribution is -2.23. The molecule has 0 spiro atoms. The first-order chi connectivity index (χ1) is 6.99. The molecule has 0 aliphatic rings. The SMILES string of the molecule is Cc1cc(O)cc(C(O)CN=C(N)N)c1. The van der Waals surface area contributed by atoms with Crippen molar-refractivity contribution in [1.29, 1.82) is 0 Å². The molecule has 0 aromatic heterocycles. The molecule has 5 heteroatoms. The fraction of sp³-hybridized carbons (Fsp3) is 0.300. The summed E-state index contributed by atoms with van der Waals surface area (Å²) in [5.41, 5.74) is 11.8. The van der Waals surface area contributed by atoms with E-state index in [2.05, 4.69) is 4.99 Å². The van der Waals surface area contributed by atoms with Crippen LogP contribution in [0, 0.1) is 6.92 Å². The molecule has 15 heavy (non-hydrogen) atoms. The van der Waals surface area contributed by atoms with Crippen molar-refractivity contribution in [3.63, 3.8) is 0 Å². The summed E-state index contributed by atoms with van der Waals surface area (Å²) in [5, 5.41) is 19.0. The van der Waals surface area contributed by atoms with Crippen LogP contribution in [-0.2, 0) is 0 Å². The molecule has 0 fully saturated rings. The Labute approximate surface area is 88.1 Å². The van der Waals surface area contributed by atoms with Crippen molar-refractivity contribution in [3.8, 4) is 5.75 Å². The van der Waals surface area contributed by atoms with E-state index < -0.39 is 6.10 Å². The average molecular weight is 209 g/mol. The number of hydrogen-bond donors (Lipinski definition) is 4. The maximum Gasteiger partial charge on any atom is 0.186 e. The number of aliphatic imine (C=N–C) groups is 1. The Balaban J connectivity index is 2.81. The van der Waals surface area contributed by atoms with Gasteiger partial charge in [-0.15, -0.1) is 0 Å². The molecule has 1 aromatic rings. The highest BCUT2D eigenvalue weighted by atomic mass is 16.3. The standard InChI is InChI=1S/C10H15N3O2/c1-6-2-7(4-8(14)3-6)9(15)5-13-10(11)12/h2-4,9,14-15H,5H2,1H3,(H4,11,12,13). The molecule has 0 radical (unpaired) electrons. The van der Waals surface area contributed by atoms with Gasteiger partial charge in [0.15, 0.2) is 5.96 Å². The van der Waals surface area contributed by atoms with E-state index in [1.807, 2.05) is 6.92 Å².